The van der Waals surface area contributed by atoms with Crippen LogP contribution < -0.4 is 5.32 Å². The third-order valence-corrected chi connectivity index (χ3v) is 3.81. The zero-order chi connectivity index (χ0) is 12.4. The maximum atomic E-state index is 13.3. The van der Waals surface area contributed by atoms with Crippen molar-refractivity contribution in [2.75, 3.05) is 5.32 Å². The molecule has 0 aliphatic heterocycles. The van der Waals surface area contributed by atoms with Gasteiger partial charge in [-0.05, 0) is 37.1 Å². The van der Waals surface area contributed by atoms with Gasteiger partial charge in [-0.15, -0.1) is 11.3 Å². The number of hydrogen-bond acceptors (Lipinski definition) is 3. The van der Waals surface area contributed by atoms with Gasteiger partial charge >= 0.3 is 0 Å². The van der Waals surface area contributed by atoms with Crippen molar-refractivity contribution in [1.82, 2.24) is 4.98 Å². The third-order valence-electron chi connectivity index (χ3n) is 2.70. The molecule has 0 aliphatic rings. The van der Waals surface area contributed by atoms with Crippen LogP contribution in [0.25, 0.3) is 0 Å². The molecular formula is C12H12ClFN2S. The molecule has 5 heteroatoms. The van der Waals surface area contributed by atoms with E-state index >= 15 is 0 Å². The summed E-state index contributed by atoms with van der Waals surface area (Å²) in [5.74, 6) is -0.172. The van der Waals surface area contributed by atoms with Crippen molar-refractivity contribution in [3.63, 3.8) is 0 Å². The van der Waals surface area contributed by atoms with Crippen LogP contribution >= 0.6 is 22.9 Å². The van der Waals surface area contributed by atoms with E-state index in [9.17, 15) is 4.39 Å². The molecule has 2 aromatic rings. The van der Waals surface area contributed by atoms with Gasteiger partial charge < -0.3 is 5.32 Å². The zero-order valence-corrected chi connectivity index (χ0v) is 11.1. The van der Waals surface area contributed by atoms with Crippen LogP contribution in [-0.2, 0) is 6.54 Å². The van der Waals surface area contributed by atoms with Crippen LogP contribution in [0, 0.1) is 19.7 Å². The van der Waals surface area contributed by atoms with Crippen molar-refractivity contribution >= 4 is 28.6 Å². The Morgan fingerprint density at radius 3 is 2.76 bits per heavy atom. The van der Waals surface area contributed by atoms with E-state index in [0.29, 0.717) is 16.6 Å². The average molecular weight is 271 g/mol. The van der Waals surface area contributed by atoms with Gasteiger partial charge in [0.2, 0.25) is 0 Å². The van der Waals surface area contributed by atoms with Gasteiger partial charge in [0.1, 0.15) is 5.82 Å². The van der Waals surface area contributed by atoms with Crippen LogP contribution in [0.3, 0.4) is 0 Å². The molecular weight excluding hydrogens is 259 g/mol. The molecule has 0 spiro atoms. The molecule has 0 unspecified atom stereocenters. The summed E-state index contributed by atoms with van der Waals surface area (Å²) in [4.78, 5) is 5.02. The molecule has 0 saturated heterocycles. The number of rotatable bonds is 3. The van der Waals surface area contributed by atoms with Crippen LogP contribution in [0.4, 0.5) is 10.1 Å². The van der Waals surface area contributed by atoms with Gasteiger partial charge in [-0.1, -0.05) is 11.6 Å². The fourth-order valence-electron chi connectivity index (χ4n) is 1.53. The molecule has 1 aromatic heterocycles. The minimum absolute atomic E-state index is 0.172. The topological polar surface area (TPSA) is 24.9 Å². The van der Waals surface area contributed by atoms with Gasteiger partial charge in [0.15, 0.2) is 4.47 Å². The second-order valence-electron chi connectivity index (χ2n) is 3.78. The Hall–Kier alpha value is -1.13. The lowest BCUT2D eigenvalue weighted by Gasteiger charge is -2.11. The highest BCUT2D eigenvalue weighted by Crippen LogP contribution is 2.23. The Balaban J connectivity index is 2.12. The van der Waals surface area contributed by atoms with E-state index in [1.54, 1.807) is 19.2 Å². The van der Waals surface area contributed by atoms with E-state index < -0.39 is 0 Å². The number of halogens is 2. The molecule has 0 bridgehead atoms. The zero-order valence-electron chi connectivity index (χ0n) is 9.55. The second kappa shape index (κ2) is 5.02. The molecule has 1 N–H and O–H groups in total. The summed E-state index contributed by atoms with van der Waals surface area (Å²) in [5.41, 5.74) is 2.55. The quantitative estimate of drug-likeness (QED) is 0.906. The van der Waals surface area contributed by atoms with Crippen molar-refractivity contribution < 1.29 is 4.39 Å². The maximum Gasteiger partial charge on any atom is 0.183 e. The molecule has 17 heavy (non-hydrogen) atoms. The van der Waals surface area contributed by atoms with Gasteiger partial charge in [0, 0.05) is 16.8 Å². The van der Waals surface area contributed by atoms with E-state index in [1.807, 2.05) is 6.92 Å². The lowest BCUT2D eigenvalue weighted by atomic mass is 10.1. The maximum absolute atomic E-state index is 13.3. The van der Waals surface area contributed by atoms with Crippen LogP contribution in [0.15, 0.2) is 18.3 Å². The molecule has 0 radical (unpaired) electrons. The molecule has 0 atom stereocenters. The van der Waals surface area contributed by atoms with Crippen molar-refractivity contribution in [2.24, 2.45) is 0 Å². The number of thiazole rings is 1. The molecule has 1 heterocycles. The number of nitrogens with one attached hydrogen (secondary N) is 1. The summed E-state index contributed by atoms with van der Waals surface area (Å²) in [6.07, 6.45) is 1.74. The summed E-state index contributed by atoms with van der Waals surface area (Å²) < 4.78 is 13.8. The second-order valence-corrected chi connectivity index (χ2v) is 5.48. The first-order valence-electron chi connectivity index (χ1n) is 5.17. The Morgan fingerprint density at radius 2 is 2.12 bits per heavy atom. The number of hydrogen-bond donors (Lipinski definition) is 1. The molecule has 90 valence electrons. The van der Waals surface area contributed by atoms with Gasteiger partial charge in [0.25, 0.3) is 0 Å². The average Bonchev–Trinajstić information content (AvgIpc) is 2.71. The standard InChI is InChI=1S/C12H12ClFN2S/c1-7-8(2)11(4-3-10(7)14)15-5-9-6-16-12(13)17-9/h3-4,6,15H,5H2,1-2H3. The third kappa shape index (κ3) is 2.76. The molecule has 0 fully saturated rings. The van der Waals surface area contributed by atoms with Crippen molar-refractivity contribution in [1.29, 1.82) is 0 Å². The monoisotopic (exact) mass is 270 g/mol. The Kier molecular flexibility index (Phi) is 3.64. The van der Waals surface area contributed by atoms with Crippen LogP contribution in [-0.4, -0.2) is 4.98 Å². The van der Waals surface area contributed by atoms with E-state index in [0.717, 1.165) is 16.1 Å². The Morgan fingerprint density at radius 1 is 1.35 bits per heavy atom. The number of benzene rings is 1. The molecule has 2 rings (SSSR count). The summed E-state index contributed by atoms with van der Waals surface area (Å²) in [7, 11) is 0. The number of aromatic nitrogens is 1. The molecule has 0 amide bonds. The Labute approximate surface area is 108 Å². The molecule has 0 saturated carbocycles. The van der Waals surface area contributed by atoms with Crippen LogP contribution in [0.5, 0.6) is 0 Å². The highest BCUT2D eigenvalue weighted by atomic mass is 35.5. The first-order chi connectivity index (χ1) is 8.08. The predicted octanol–water partition coefficient (Wildman–Crippen LogP) is 4.16. The SMILES string of the molecule is Cc1c(F)ccc(NCc2cnc(Cl)s2)c1C. The van der Waals surface area contributed by atoms with Crippen molar-refractivity contribution in [3.8, 4) is 0 Å². The highest BCUT2D eigenvalue weighted by molar-refractivity contribution is 7.15. The predicted molar refractivity (Wildman–Crippen MR) is 70.3 cm³/mol. The number of anilines is 1. The normalized spacial score (nSPS) is 10.6. The van der Waals surface area contributed by atoms with E-state index in [-0.39, 0.29) is 5.82 Å². The first-order valence-corrected chi connectivity index (χ1v) is 6.37. The van der Waals surface area contributed by atoms with E-state index in [2.05, 4.69) is 10.3 Å². The lowest BCUT2D eigenvalue weighted by molar-refractivity contribution is 0.617. The highest BCUT2D eigenvalue weighted by Gasteiger charge is 2.06. The summed E-state index contributed by atoms with van der Waals surface area (Å²) in [6.45, 7) is 4.33. The minimum Gasteiger partial charge on any atom is -0.380 e. The van der Waals surface area contributed by atoms with Crippen molar-refractivity contribution in [2.45, 2.75) is 20.4 Å². The smallest absolute Gasteiger partial charge is 0.183 e. The summed E-state index contributed by atoms with van der Waals surface area (Å²) in [6, 6.07) is 3.23. The van der Waals surface area contributed by atoms with Gasteiger partial charge in [-0.3, -0.25) is 0 Å². The Bertz CT molecular complexity index is 539. The largest absolute Gasteiger partial charge is 0.380 e. The fourth-order valence-corrected chi connectivity index (χ4v) is 2.44. The van der Waals surface area contributed by atoms with Gasteiger partial charge in [0.05, 0.1) is 6.54 Å². The van der Waals surface area contributed by atoms with Gasteiger partial charge in [-0.2, -0.15) is 0 Å². The molecule has 2 nitrogen and oxygen atoms in total. The lowest BCUT2D eigenvalue weighted by Crippen LogP contribution is -2.01. The fraction of sp³-hybridized carbons (Fsp3) is 0.250. The van der Waals surface area contributed by atoms with Crippen molar-refractivity contribution in [3.05, 3.63) is 44.6 Å². The van der Waals surface area contributed by atoms with Gasteiger partial charge in [-0.25, -0.2) is 9.37 Å². The van der Waals surface area contributed by atoms with Crippen LogP contribution in [0.2, 0.25) is 4.47 Å². The molecule has 1 aromatic carbocycles. The minimum atomic E-state index is -0.172. The number of nitrogens with zero attached hydrogens (tertiary/aromatic N) is 1. The van der Waals surface area contributed by atoms with E-state index in [4.69, 9.17) is 11.6 Å². The summed E-state index contributed by atoms with van der Waals surface area (Å²) in [5, 5.41) is 3.26. The summed E-state index contributed by atoms with van der Waals surface area (Å²) >= 11 is 7.19. The van der Waals surface area contributed by atoms with Crippen LogP contribution in [0.1, 0.15) is 16.0 Å². The molecule has 0 aliphatic carbocycles. The first kappa shape index (κ1) is 12.3. The van der Waals surface area contributed by atoms with E-state index in [1.165, 1.54) is 17.4 Å².